The van der Waals surface area contributed by atoms with E-state index < -0.39 is 10.0 Å². The third-order valence-electron chi connectivity index (χ3n) is 3.95. The topological polar surface area (TPSA) is 58.2 Å². The number of aryl methyl sites for hydroxylation is 1. The number of rotatable bonds is 3. The molecule has 1 fully saturated rings. The SMILES string of the molecule is Cc1ccc(Cl)cc1S(=O)(=O)NC1CC(C)(C)NC(C)(C)C1. The van der Waals surface area contributed by atoms with Crippen LogP contribution in [0.25, 0.3) is 0 Å². The van der Waals surface area contributed by atoms with Crippen LogP contribution >= 0.6 is 11.6 Å². The third-order valence-corrected chi connectivity index (χ3v) is 5.85. The molecule has 0 saturated carbocycles. The van der Waals surface area contributed by atoms with Gasteiger partial charge in [0.2, 0.25) is 10.0 Å². The molecule has 0 radical (unpaired) electrons. The Bertz CT molecular complexity index is 653. The van der Waals surface area contributed by atoms with Crippen LogP contribution in [-0.4, -0.2) is 25.5 Å². The third kappa shape index (κ3) is 4.22. The first kappa shape index (κ1) is 17.7. The second-order valence-electron chi connectivity index (χ2n) is 7.53. The first-order valence-corrected chi connectivity index (χ1v) is 9.34. The van der Waals surface area contributed by atoms with E-state index in [-0.39, 0.29) is 22.0 Å². The van der Waals surface area contributed by atoms with Gasteiger partial charge in [-0.05, 0) is 65.2 Å². The van der Waals surface area contributed by atoms with Gasteiger partial charge in [0.25, 0.3) is 0 Å². The van der Waals surface area contributed by atoms with Crippen molar-refractivity contribution in [3.05, 3.63) is 28.8 Å². The van der Waals surface area contributed by atoms with Crippen LogP contribution in [0.15, 0.2) is 23.1 Å². The van der Waals surface area contributed by atoms with Crippen molar-refractivity contribution in [3.63, 3.8) is 0 Å². The first-order valence-electron chi connectivity index (χ1n) is 7.48. The van der Waals surface area contributed by atoms with Crippen LogP contribution in [0, 0.1) is 6.92 Å². The molecule has 124 valence electrons. The Hall–Kier alpha value is -0.620. The summed E-state index contributed by atoms with van der Waals surface area (Å²) >= 11 is 5.95. The minimum atomic E-state index is -3.58. The predicted molar refractivity (Wildman–Crippen MR) is 90.8 cm³/mol. The average Bonchev–Trinajstić information content (AvgIpc) is 2.27. The second kappa shape index (κ2) is 5.78. The monoisotopic (exact) mass is 344 g/mol. The van der Waals surface area contributed by atoms with E-state index in [0.717, 1.165) is 12.8 Å². The minimum absolute atomic E-state index is 0.102. The lowest BCUT2D eigenvalue weighted by molar-refractivity contribution is 0.157. The van der Waals surface area contributed by atoms with Crippen LogP contribution in [-0.2, 0) is 10.0 Å². The highest BCUT2D eigenvalue weighted by molar-refractivity contribution is 7.89. The van der Waals surface area contributed by atoms with Gasteiger partial charge in [-0.3, -0.25) is 0 Å². The van der Waals surface area contributed by atoms with Crippen molar-refractivity contribution >= 4 is 21.6 Å². The van der Waals surface area contributed by atoms with Crippen LogP contribution < -0.4 is 10.0 Å². The molecule has 0 unspecified atom stereocenters. The quantitative estimate of drug-likeness (QED) is 0.885. The van der Waals surface area contributed by atoms with Gasteiger partial charge in [0.15, 0.2) is 0 Å². The number of nitrogens with one attached hydrogen (secondary N) is 2. The fourth-order valence-electron chi connectivity index (χ4n) is 3.55. The molecule has 1 aromatic carbocycles. The Morgan fingerprint density at radius 2 is 1.73 bits per heavy atom. The summed E-state index contributed by atoms with van der Waals surface area (Å²) < 4.78 is 28.3. The fraction of sp³-hybridized carbons (Fsp3) is 0.625. The molecule has 0 amide bonds. The summed E-state index contributed by atoms with van der Waals surface area (Å²) in [5.41, 5.74) is 0.473. The summed E-state index contributed by atoms with van der Waals surface area (Å²) in [5.74, 6) is 0. The van der Waals surface area contributed by atoms with Crippen molar-refractivity contribution in [2.24, 2.45) is 0 Å². The van der Waals surface area contributed by atoms with E-state index >= 15 is 0 Å². The van der Waals surface area contributed by atoms with Crippen LogP contribution in [0.2, 0.25) is 5.02 Å². The smallest absolute Gasteiger partial charge is 0.241 e. The second-order valence-corrected chi connectivity index (χ2v) is 9.65. The molecule has 4 nitrogen and oxygen atoms in total. The number of halogens is 1. The molecule has 0 atom stereocenters. The van der Waals surface area contributed by atoms with Crippen molar-refractivity contribution in [1.82, 2.24) is 10.0 Å². The lowest BCUT2D eigenvalue weighted by Gasteiger charge is -2.46. The lowest BCUT2D eigenvalue weighted by Crippen LogP contribution is -2.62. The van der Waals surface area contributed by atoms with Crippen molar-refractivity contribution in [2.45, 2.75) is 69.5 Å². The minimum Gasteiger partial charge on any atom is -0.307 e. The summed E-state index contributed by atoms with van der Waals surface area (Å²) in [6, 6.07) is 4.84. The van der Waals surface area contributed by atoms with E-state index in [1.165, 1.54) is 6.07 Å². The van der Waals surface area contributed by atoms with Crippen molar-refractivity contribution in [3.8, 4) is 0 Å². The van der Waals surface area contributed by atoms with Gasteiger partial charge in [-0.1, -0.05) is 17.7 Å². The molecule has 1 aromatic rings. The Kier molecular flexibility index (Phi) is 4.66. The molecule has 1 saturated heterocycles. The van der Waals surface area contributed by atoms with E-state index in [2.05, 4.69) is 37.7 Å². The number of hydrogen-bond acceptors (Lipinski definition) is 3. The van der Waals surface area contributed by atoms with Gasteiger partial charge < -0.3 is 5.32 Å². The van der Waals surface area contributed by atoms with Crippen molar-refractivity contribution in [1.29, 1.82) is 0 Å². The molecule has 2 rings (SSSR count). The maximum atomic E-state index is 12.7. The van der Waals surface area contributed by atoms with Crippen molar-refractivity contribution in [2.75, 3.05) is 0 Å². The van der Waals surface area contributed by atoms with Gasteiger partial charge in [0.05, 0.1) is 4.90 Å². The molecular weight excluding hydrogens is 320 g/mol. The zero-order valence-corrected chi connectivity index (χ0v) is 15.4. The summed E-state index contributed by atoms with van der Waals surface area (Å²) in [4.78, 5) is 0.258. The molecular formula is C16H25ClN2O2S. The molecule has 22 heavy (non-hydrogen) atoms. The highest BCUT2D eigenvalue weighted by Crippen LogP contribution is 2.30. The van der Waals surface area contributed by atoms with Crippen LogP contribution in [0.4, 0.5) is 0 Å². The zero-order chi connectivity index (χ0) is 16.8. The number of hydrogen-bond donors (Lipinski definition) is 2. The van der Waals surface area contributed by atoms with Crippen LogP contribution in [0.5, 0.6) is 0 Å². The lowest BCUT2D eigenvalue weighted by atomic mass is 9.80. The molecule has 0 aromatic heterocycles. The normalized spacial score (nSPS) is 21.7. The molecule has 1 aliphatic heterocycles. The number of sulfonamides is 1. The Morgan fingerprint density at radius 3 is 2.27 bits per heavy atom. The predicted octanol–water partition coefficient (Wildman–Crippen LogP) is 3.24. The van der Waals surface area contributed by atoms with Gasteiger partial charge >= 0.3 is 0 Å². The molecule has 1 aliphatic rings. The Labute approximate surface area is 138 Å². The molecule has 6 heteroatoms. The van der Waals surface area contributed by atoms with E-state index in [4.69, 9.17) is 11.6 Å². The zero-order valence-electron chi connectivity index (χ0n) is 13.8. The largest absolute Gasteiger partial charge is 0.307 e. The van der Waals surface area contributed by atoms with Gasteiger partial charge in [-0.15, -0.1) is 0 Å². The molecule has 0 aliphatic carbocycles. The molecule has 0 spiro atoms. The van der Waals surface area contributed by atoms with Gasteiger partial charge in [0.1, 0.15) is 0 Å². The van der Waals surface area contributed by atoms with Gasteiger partial charge in [0, 0.05) is 22.1 Å². The van der Waals surface area contributed by atoms with Gasteiger partial charge in [-0.25, -0.2) is 13.1 Å². The summed E-state index contributed by atoms with van der Waals surface area (Å²) in [6.07, 6.45) is 1.49. The van der Waals surface area contributed by atoms with Crippen LogP contribution in [0.1, 0.15) is 46.1 Å². The average molecular weight is 345 g/mol. The Morgan fingerprint density at radius 1 is 1.18 bits per heavy atom. The van der Waals surface area contributed by atoms with E-state index in [0.29, 0.717) is 10.6 Å². The first-order chi connectivity index (χ1) is 9.90. The van der Waals surface area contributed by atoms with Crippen molar-refractivity contribution < 1.29 is 8.42 Å². The molecule has 2 N–H and O–H groups in total. The van der Waals surface area contributed by atoms with Gasteiger partial charge in [-0.2, -0.15) is 0 Å². The summed E-state index contributed by atoms with van der Waals surface area (Å²) in [6.45, 7) is 10.2. The highest BCUT2D eigenvalue weighted by atomic mass is 35.5. The summed E-state index contributed by atoms with van der Waals surface area (Å²) in [7, 11) is -3.58. The molecule has 1 heterocycles. The van der Waals surface area contributed by atoms with Crippen LogP contribution in [0.3, 0.4) is 0 Å². The van der Waals surface area contributed by atoms with E-state index in [1.807, 2.05) is 0 Å². The Balaban J connectivity index is 2.27. The number of piperidine rings is 1. The van der Waals surface area contributed by atoms with E-state index in [9.17, 15) is 8.42 Å². The number of benzene rings is 1. The highest BCUT2D eigenvalue weighted by Gasteiger charge is 2.39. The maximum Gasteiger partial charge on any atom is 0.241 e. The molecule has 0 bridgehead atoms. The summed E-state index contributed by atoms with van der Waals surface area (Å²) in [5, 5.41) is 3.98. The van der Waals surface area contributed by atoms with E-state index in [1.54, 1.807) is 19.1 Å². The maximum absolute atomic E-state index is 12.7. The standard InChI is InChI=1S/C16H25ClN2O2S/c1-11-6-7-12(17)8-14(11)22(20,21)18-13-9-15(2,3)19-16(4,5)10-13/h6-8,13,18-19H,9-10H2,1-5H3. The fourth-order valence-corrected chi connectivity index (χ4v) is 5.30.